The molecule has 62 heavy (non-hydrogen) atoms. The van der Waals surface area contributed by atoms with Crippen LogP contribution in [0.5, 0.6) is 0 Å². The maximum Gasteiger partial charge on any atom is 0.187 e. The number of fused-ring (bicyclic) bond motifs is 7. The second-order valence-electron chi connectivity index (χ2n) is 21.0. The minimum Gasteiger partial charge on any atom is -0.396 e. The summed E-state index contributed by atoms with van der Waals surface area (Å²) in [5.74, 6) is 0.570. The Labute approximate surface area is 364 Å². The van der Waals surface area contributed by atoms with Crippen LogP contribution < -0.4 is 0 Å². The van der Waals surface area contributed by atoms with E-state index in [-0.39, 0.29) is 41.3 Å². The van der Waals surface area contributed by atoms with E-state index in [1.807, 2.05) is 6.92 Å². The Kier molecular flexibility index (Phi) is 13.8. The van der Waals surface area contributed by atoms with Gasteiger partial charge < -0.3 is 84.2 Å². The maximum atomic E-state index is 12.0. The van der Waals surface area contributed by atoms with Crippen LogP contribution in [-0.2, 0) is 33.2 Å². The first kappa shape index (κ1) is 47.5. The molecule has 4 aliphatic heterocycles. The Hall–Kier alpha value is -0.940. The van der Waals surface area contributed by atoms with Gasteiger partial charge in [0.15, 0.2) is 24.7 Å². The van der Waals surface area contributed by atoms with Crippen molar-refractivity contribution in [3.05, 3.63) is 11.6 Å². The summed E-state index contributed by atoms with van der Waals surface area (Å²) in [5, 5.41) is 107. The third kappa shape index (κ3) is 8.07. The van der Waals surface area contributed by atoms with Crippen LogP contribution in [0.1, 0.15) is 99.3 Å². The van der Waals surface area contributed by atoms with Crippen molar-refractivity contribution in [2.45, 2.75) is 209 Å². The summed E-state index contributed by atoms with van der Waals surface area (Å²) in [6.07, 6.45) is -12.4. The molecule has 10 N–H and O–H groups in total. The molecule has 26 atom stereocenters. The van der Waals surface area contributed by atoms with Crippen LogP contribution in [0.25, 0.3) is 0 Å². The summed E-state index contributed by atoms with van der Waals surface area (Å²) < 4.78 is 43.1. The molecule has 0 aromatic heterocycles. The minimum absolute atomic E-state index is 0.00392. The van der Waals surface area contributed by atoms with E-state index in [2.05, 4.69) is 26.8 Å². The number of allylic oxidation sites excluding steroid dienone is 1. The van der Waals surface area contributed by atoms with E-state index in [9.17, 15) is 51.1 Å². The summed E-state index contributed by atoms with van der Waals surface area (Å²) >= 11 is 0. The van der Waals surface area contributed by atoms with Crippen molar-refractivity contribution in [2.75, 3.05) is 13.2 Å². The van der Waals surface area contributed by atoms with Crippen LogP contribution in [0.2, 0.25) is 0 Å². The van der Waals surface area contributed by atoms with Crippen LogP contribution >= 0.6 is 0 Å². The third-order valence-electron chi connectivity index (χ3n) is 17.4. The van der Waals surface area contributed by atoms with Crippen molar-refractivity contribution in [3.8, 4) is 0 Å². The van der Waals surface area contributed by atoms with Gasteiger partial charge in [-0.25, -0.2) is 0 Å². The summed E-state index contributed by atoms with van der Waals surface area (Å²) in [6, 6.07) is 0. The smallest absolute Gasteiger partial charge is 0.187 e. The molecule has 9 unspecified atom stereocenters. The molecule has 4 heterocycles. The van der Waals surface area contributed by atoms with E-state index in [1.54, 1.807) is 0 Å². The second kappa shape index (κ2) is 17.9. The first-order chi connectivity index (χ1) is 29.3. The lowest BCUT2D eigenvalue weighted by Crippen LogP contribution is -2.66. The van der Waals surface area contributed by atoms with Gasteiger partial charge in [-0.1, -0.05) is 39.3 Å². The first-order valence-corrected chi connectivity index (χ1v) is 23.3. The Morgan fingerprint density at radius 1 is 0.742 bits per heavy atom. The maximum absolute atomic E-state index is 12.0. The number of ether oxygens (including phenoxy) is 7. The van der Waals surface area contributed by atoms with Crippen molar-refractivity contribution in [3.63, 3.8) is 0 Å². The number of hydrogen-bond acceptors (Lipinski definition) is 17. The monoisotopic (exact) mass is 886 g/mol. The van der Waals surface area contributed by atoms with Crippen molar-refractivity contribution in [1.82, 2.24) is 0 Å². The molecule has 4 saturated heterocycles. The quantitative estimate of drug-likeness (QED) is 0.124. The first-order valence-electron chi connectivity index (χ1n) is 23.3. The van der Waals surface area contributed by atoms with Gasteiger partial charge in [0.25, 0.3) is 0 Å². The molecule has 356 valence electrons. The van der Waals surface area contributed by atoms with Crippen molar-refractivity contribution >= 4 is 0 Å². The molecule has 7 fully saturated rings. The number of rotatable bonds is 11. The highest BCUT2D eigenvalue weighted by atomic mass is 16.8. The van der Waals surface area contributed by atoms with E-state index >= 15 is 0 Å². The molecular formula is C45H74O17. The fourth-order valence-electron chi connectivity index (χ4n) is 13.5. The van der Waals surface area contributed by atoms with Gasteiger partial charge in [0, 0.05) is 18.9 Å². The lowest BCUT2D eigenvalue weighted by molar-refractivity contribution is -0.388. The number of hydrogen-bond donors (Lipinski definition) is 10. The Morgan fingerprint density at radius 3 is 1.98 bits per heavy atom. The van der Waals surface area contributed by atoms with Crippen molar-refractivity contribution < 1.29 is 84.2 Å². The van der Waals surface area contributed by atoms with Gasteiger partial charge in [-0.2, -0.15) is 0 Å². The van der Waals surface area contributed by atoms with Gasteiger partial charge >= 0.3 is 0 Å². The molecule has 0 amide bonds. The zero-order valence-electron chi connectivity index (χ0n) is 37.0. The summed E-state index contributed by atoms with van der Waals surface area (Å²) in [4.78, 5) is 0. The predicted octanol–water partition coefficient (Wildman–Crippen LogP) is 0.196. The van der Waals surface area contributed by atoms with Crippen molar-refractivity contribution in [1.29, 1.82) is 0 Å². The molecule has 8 rings (SSSR count). The highest BCUT2D eigenvalue weighted by Crippen LogP contribution is 2.70. The number of aliphatic hydroxyl groups is 10. The van der Waals surface area contributed by atoms with E-state index in [1.165, 1.54) is 19.4 Å². The average molecular weight is 887 g/mol. The molecular weight excluding hydrogens is 812 g/mol. The van der Waals surface area contributed by atoms with Crippen LogP contribution in [-0.4, -0.2) is 174 Å². The van der Waals surface area contributed by atoms with Crippen LogP contribution in [0.4, 0.5) is 0 Å². The van der Waals surface area contributed by atoms with Gasteiger partial charge in [0.05, 0.1) is 31.0 Å². The molecule has 3 saturated carbocycles. The van der Waals surface area contributed by atoms with Gasteiger partial charge in [-0.15, -0.1) is 0 Å². The van der Waals surface area contributed by atoms with Crippen molar-refractivity contribution in [2.24, 2.45) is 46.3 Å². The molecule has 0 radical (unpaired) electrons. The fourth-order valence-corrected chi connectivity index (χ4v) is 13.5. The van der Waals surface area contributed by atoms with E-state index in [0.29, 0.717) is 43.4 Å². The molecule has 0 aromatic carbocycles. The molecule has 0 bridgehead atoms. The average Bonchev–Trinajstić information content (AvgIpc) is 3.68. The molecule has 0 aromatic rings. The van der Waals surface area contributed by atoms with Crippen LogP contribution in [0, 0.1) is 46.3 Å². The van der Waals surface area contributed by atoms with Crippen LogP contribution in [0.3, 0.4) is 0 Å². The lowest BCUT2D eigenvalue weighted by atomic mass is 9.47. The Balaban J connectivity index is 0.982. The standard InChI is InChI=1S/C45H74O17/c1-19(17-46)9-14-45(55)20(2)30-28(62-45)16-27-25-8-7-23-15-24(10-12-43(23,5)26(25)11-13-44(27,30)6)58-42-39(61-41-36(53)34(51)32(49)22(4)57-41)37(54)38(29(18-47)59-42)60-40-35(52)33(50)31(48)21(3)56-40/h7,19-22,24-42,46-55H,8-18H2,1-6H3/t19-,20+,21?,22?,24?,25-,26+,27+,28?,29?,30+,31+,32+,33+,34+,35?,36?,37+,38-,39?,40+,41+,42-,43+,44+,45?/m1/s1. The SMILES string of the molecule is CC1O[C@@H](OC2[C@H](OC3CC[C@@]4(C)C(=CC[C@H]5[C@@H]6CC7OC(O)(CC[C@@H](C)CO)[C@@H](C)[C@@H]7[C@@]6(C)CC[C@@H]54)C3)OC(CO)[C@@H](O[C@@H]3OC(C)[C@H](O)[C@H](O)C3O)[C@@H]2O)C(O)[C@@H](O)[C@H]1O. The highest BCUT2D eigenvalue weighted by molar-refractivity contribution is 5.26. The molecule has 17 nitrogen and oxygen atoms in total. The summed E-state index contributed by atoms with van der Waals surface area (Å²) in [7, 11) is 0. The largest absolute Gasteiger partial charge is 0.396 e. The predicted molar refractivity (Wildman–Crippen MR) is 216 cm³/mol. The molecule has 17 heteroatoms. The topological polar surface area (TPSA) is 267 Å². The van der Waals surface area contributed by atoms with E-state index in [0.717, 1.165) is 32.1 Å². The summed E-state index contributed by atoms with van der Waals surface area (Å²) in [6.45, 7) is 11.4. The Morgan fingerprint density at radius 2 is 1.37 bits per heavy atom. The van der Waals surface area contributed by atoms with E-state index in [4.69, 9.17) is 33.2 Å². The number of aliphatic hydroxyl groups excluding tert-OH is 9. The fraction of sp³-hybridized carbons (Fsp3) is 0.956. The van der Waals surface area contributed by atoms with Gasteiger partial charge in [-0.05, 0) is 106 Å². The molecule has 4 aliphatic carbocycles. The van der Waals surface area contributed by atoms with Gasteiger partial charge in [-0.3, -0.25) is 0 Å². The normalized spacial score (nSPS) is 55.7. The summed E-state index contributed by atoms with van der Waals surface area (Å²) in [5.41, 5.74) is 1.27. The molecule has 0 spiro atoms. The molecule has 8 aliphatic rings. The zero-order chi connectivity index (χ0) is 44.8. The minimum atomic E-state index is -1.72. The van der Waals surface area contributed by atoms with E-state index < -0.39 is 111 Å². The Bertz CT molecular complexity index is 1590. The van der Waals surface area contributed by atoms with Gasteiger partial charge in [0.1, 0.15) is 61.0 Å². The van der Waals surface area contributed by atoms with Crippen LogP contribution in [0.15, 0.2) is 11.6 Å². The van der Waals surface area contributed by atoms with Gasteiger partial charge in [0.2, 0.25) is 0 Å². The second-order valence-corrected chi connectivity index (χ2v) is 21.0. The lowest BCUT2D eigenvalue weighted by Gasteiger charge is -2.58. The third-order valence-corrected chi connectivity index (χ3v) is 17.4. The highest BCUT2D eigenvalue weighted by Gasteiger charge is 2.68. The zero-order valence-corrected chi connectivity index (χ0v) is 37.0.